The van der Waals surface area contributed by atoms with Crippen molar-refractivity contribution in [3.8, 4) is 5.75 Å². The van der Waals surface area contributed by atoms with Crippen LogP contribution < -0.4 is 4.74 Å². The SMILES string of the molecule is CCOP(=O)(O)C(c1ccc(OC)cc1)N(C)CC(=O)N(C)O. The zero-order valence-corrected chi connectivity index (χ0v) is 14.6. The Labute approximate surface area is 135 Å². The lowest BCUT2D eigenvalue weighted by Gasteiger charge is -2.31. The molecule has 1 rings (SSSR count). The first-order valence-electron chi connectivity index (χ1n) is 6.99. The highest BCUT2D eigenvalue weighted by Crippen LogP contribution is 2.57. The van der Waals surface area contributed by atoms with Gasteiger partial charge in [0.15, 0.2) is 0 Å². The number of carbonyl (C=O) groups excluding carboxylic acids is 1. The number of likely N-dealkylation sites (N-methyl/N-ethyl adjacent to an activating group) is 2. The van der Waals surface area contributed by atoms with Crippen LogP contribution in [-0.4, -0.2) is 60.3 Å². The van der Waals surface area contributed by atoms with E-state index in [1.54, 1.807) is 31.2 Å². The zero-order chi connectivity index (χ0) is 17.6. The van der Waals surface area contributed by atoms with Gasteiger partial charge >= 0.3 is 7.60 Å². The summed E-state index contributed by atoms with van der Waals surface area (Å²) in [5, 5.41) is 9.61. The van der Waals surface area contributed by atoms with E-state index in [0.717, 1.165) is 0 Å². The average molecular weight is 346 g/mol. The predicted molar refractivity (Wildman–Crippen MR) is 84.4 cm³/mol. The smallest absolute Gasteiger partial charge is 0.349 e. The van der Waals surface area contributed by atoms with E-state index in [9.17, 15) is 19.5 Å². The van der Waals surface area contributed by atoms with Crippen LogP contribution in [0.1, 0.15) is 18.3 Å². The van der Waals surface area contributed by atoms with Gasteiger partial charge in [0.1, 0.15) is 11.5 Å². The van der Waals surface area contributed by atoms with E-state index < -0.39 is 19.3 Å². The van der Waals surface area contributed by atoms with Gasteiger partial charge in [-0.3, -0.25) is 19.5 Å². The number of hydrogen-bond donors (Lipinski definition) is 2. The van der Waals surface area contributed by atoms with Crippen molar-refractivity contribution in [3.05, 3.63) is 29.8 Å². The summed E-state index contributed by atoms with van der Waals surface area (Å²) in [5.74, 6) is -1.05. The quantitative estimate of drug-likeness (QED) is 0.420. The minimum Gasteiger partial charge on any atom is -0.497 e. The number of benzene rings is 1. The van der Waals surface area contributed by atoms with Gasteiger partial charge in [-0.15, -0.1) is 0 Å². The van der Waals surface area contributed by atoms with Crippen LogP contribution in [0.5, 0.6) is 5.75 Å². The molecule has 23 heavy (non-hydrogen) atoms. The van der Waals surface area contributed by atoms with E-state index in [-0.39, 0.29) is 13.2 Å². The van der Waals surface area contributed by atoms with Crippen molar-refractivity contribution in [3.63, 3.8) is 0 Å². The minimum atomic E-state index is -4.06. The first kappa shape index (κ1) is 19.6. The molecule has 1 aromatic carbocycles. The lowest BCUT2D eigenvalue weighted by molar-refractivity contribution is -0.160. The Hall–Kier alpha value is -1.44. The predicted octanol–water partition coefficient (Wildman–Crippen LogP) is 1.70. The molecular weight excluding hydrogens is 323 g/mol. The van der Waals surface area contributed by atoms with Crippen LogP contribution in [-0.2, 0) is 13.9 Å². The Morgan fingerprint density at radius 2 is 1.87 bits per heavy atom. The number of hydroxylamine groups is 2. The molecule has 0 bridgehead atoms. The fourth-order valence-corrected chi connectivity index (χ4v) is 3.77. The molecule has 0 fully saturated rings. The molecule has 0 aliphatic rings. The van der Waals surface area contributed by atoms with Gasteiger partial charge in [-0.05, 0) is 31.7 Å². The van der Waals surface area contributed by atoms with Crippen molar-refractivity contribution in [2.24, 2.45) is 0 Å². The van der Waals surface area contributed by atoms with E-state index in [4.69, 9.17) is 9.26 Å². The first-order valence-corrected chi connectivity index (χ1v) is 8.64. The van der Waals surface area contributed by atoms with E-state index in [0.29, 0.717) is 16.4 Å². The second-order valence-electron chi connectivity index (χ2n) is 4.96. The van der Waals surface area contributed by atoms with Gasteiger partial charge in [0.2, 0.25) is 0 Å². The largest absolute Gasteiger partial charge is 0.497 e. The minimum absolute atomic E-state index is 0.0577. The normalized spacial score (nSPS) is 15.1. The molecule has 0 aromatic heterocycles. The van der Waals surface area contributed by atoms with Crippen LogP contribution in [0.2, 0.25) is 0 Å². The second-order valence-corrected chi connectivity index (χ2v) is 6.84. The molecule has 130 valence electrons. The first-order chi connectivity index (χ1) is 10.7. The van der Waals surface area contributed by atoms with Crippen molar-refractivity contribution in [2.75, 3.05) is 34.4 Å². The van der Waals surface area contributed by atoms with E-state index >= 15 is 0 Å². The number of carbonyl (C=O) groups is 1. The Morgan fingerprint density at radius 1 is 1.30 bits per heavy atom. The van der Waals surface area contributed by atoms with Gasteiger partial charge < -0.3 is 14.2 Å². The maximum Gasteiger partial charge on any atom is 0.349 e. The van der Waals surface area contributed by atoms with Gasteiger partial charge in [-0.2, -0.15) is 0 Å². The molecule has 9 heteroatoms. The molecule has 0 heterocycles. The second kappa shape index (κ2) is 8.42. The molecule has 0 aliphatic heterocycles. The number of hydrogen-bond acceptors (Lipinski definition) is 6. The summed E-state index contributed by atoms with van der Waals surface area (Å²) < 4.78 is 22.6. The molecule has 1 aromatic rings. The standard InChI is InChI=1S/C14H23N2O6P/c1-5-22-23(19,20)14(15(2)10-13(17)16(3)18)11-6-8-12(21-4)9-7-11/h6-9,14,18H,5,10H2,1-4H3,(H,19,20). The molecule has 0 radical (unpaired) electrons. The molecule has 0 aliphatic carbocycles. The Morgan fingerprint density at radius 3 is 2.30 bits per heavy atom. The number of nitrogens with zero attached hydrogens (tertiary/aromatic N) is 2. The molecule has 2 unspecified atom stereocenters. The summed E-state index contributed by atoms with van der Waals surface area (Å²) in [6.07, 6.45) is 0. The third kappa shape index (κ3) is 5.30. The molecule has 2 N–H and O–H groups in total. The van der Waals surface area contributed by atoms with Crippen LogP contribution >= 0.6 is 7.60 Å². The third-order valence-electron chi connectivity index (χ3n) is 3.20. The summed E-state index contributed by atoms with van der Waals surface area (Å²) >= 11 is 0. The summed E-state index contributed by atoms with van der Waals surface area (Å²) in [7, 11) is 0.168. The van der Waals surface area contributed by atoms with Crippen molar-refractivity contribution in [2.45, 2.75) is 12.7 Å². The highest BCUT2D eigenvalue weighted by atomic mass is 31.2. The van der Waals surface area contributed by atoms with Crippen LogP contribution in [0.3, 0.4) is 0 Å². The van der Waals surface area contributed by atoms with Crippen LogP contribution in [0.25, 0.3) is 0 Å². The van der Waals surface area contributed by atoms with Crippen molar-refractivity contribution < 1.29 is 28.7 Å². The summed E-state index contributed by atoms with van der Waals surface area (Å²) in [4.78, 5) is 23.3. The topological polar surface area (TPSA) is 99.5 Å². The molecule has 1 amide bonds. The van der Waals surface area contributed by atoms with Crippen LogP contribution in [0.15, 0.2) is 24.3 Å². The van der Waals surface area contributed by atoms with Gasteiger partial charge in [-0.1, -0.05) is 12.1 Å². The van der Waals surface area contributed by atoms with Crippen molar-refractivity contribution >= 4 is 13.5 Å². The average Bonchev–Trinajstić information content (AvgIpc) is 2.47. The highest BCUT2D eigenvalue weighted by Gasteiger charge is 2.37. The fraction of sp³-hybridized carbons (Fsp3) is 0.500. The number of amides is 1. The Kier molecular flexibility index (Phi) is 7.18. The van der Waals surface area contributed by atoms with Gasteiger partial charge in [0, 0.05) is 7.05 Å². The Balaban J connectivity index is 3.15. The summed E-state index contributed by atoms with van der Waals surface area (Å²) in [6, 6.07) is 6.58. The highest BCUT2D eigenvalue weighted by molar-refractivity contribution is 7.53. The number of methoxy groups -OCH3 is 1. The lowest BCUT2D eigenvalue weighted by Crippen LogP contribution is -2.37. The lowest BCUT2D eigenvalue weighted by atomic mass is 10.2. The van der Waals surface area contributed by atoms with Gasteiger partial charge in [-0.25, -0.2) is 5.06 Å². The summed E-state index contributed by atoms with van der Waals surface area (Å²) in [5.41, 5.74) is 0.501. The molecule has 0 saturated carbocycles. The van der Waals surface area contributed by atoms with E-state index in [1.807, 2.05) is 0 Å². The molecule has 0 saturated heterocycles. The number of ether oxygens (including phenoxy) is 1. The third-order valence-corrected chi connectivity index (χ3v) is 5.14. The number of rotatable bonds is 8. The maximum absolute atomic E-state index is 12.5. The zero-order valence-electron chi connectivity index (χ0n) is 13.7. The Bertz CT molecular complexity index is 563. The fourth-order valence-electron chi connectivity index (χ4n) is 2.13. The van der Waals surface area contributed by atoms with Crippen LogP contribution in [0.4, 0.5) is 0 Å². The summed E-state index contributed by atoms with van der Waals surface area (Å²) in [6.45, 7) is 1.42. The monoisotopic (exact) mass is 346 g/mol. The van der Waals surface area contributed by atoms with Gasteiger partial charge in [0.25, 0.3) is 5.91 Å². The van der Waals surface area contributed by atoms with Crippen molar-refractivity contribution in [1.82, 2.24) is 9.96 Å². The van der Waals surface area contributed by atoms with Crippen molar-refractivity contribution in [1.29, 1.82) is 0 Å². The maximum atomic E-state index is 12.5. The van der Waals surface area contributed by atoms with E-state index in [1.165, 1.54) is 26.1 Å². The van der Waals surface area contributed by atoms with Crippen LogP contribution in [0, 0.1) is 0 Å². The molecule has 8 nitrogen and oxygen atoms in total. The van der Waals surface area contributed by atoms with Gasteiger partial charge in [0.05, 0.1) is 20.3 Å². The molecule has 0 spiro atoms. The molecule has 2 atom stereocenters. The molecular formula is C14H23N2O6P. The van der Waals surface area contributed by atoms with E-state index in [2.05, 4.69) is 0 Å².